The Morgan fingerprint density at radius 2 is 2.17 bits per heavy atom. The van der Waals surface area contributed by atoms with Crippen molar-refractivity contribution in [2.75, 3.05) is 5.32 Å². The summed E-state index contributed by atoms with van der Waals surface area (Å²) in [5, 5.41) is 4.32. The molecule has 1 N–H and O–H groups in total. The molecule has 4 nitrogen and oxygen atoms in total. The lowest BCUT2D eigenvalue weighted by Gasteiger charge is -2.01. The van der Waals surface area contributed by atoms with Gasteiger partial charge in [0.15, 0.2) is 5.13 Å². The smallest absolute Gasteiger partial charge is 0.250 e. The first-order chi connectivity index (χ1) is 11.6. The Bertz CT molecular complexity index is 873. The molecule has 0 unspecified atom stereocenters. The molecule has 0 saturated carbocycles. The third kappa shape index (κ3) is 4.47. The highest BCUT2D eigenvalue weighted by molar-refractivity contribution is 7.15. The molecule has 0 saturated heterocycles. The molecular weight excluding hydrogens is 367 g/mol. The van der Waals surface area contributed by atoms with Crippen molar-refractivity contribution in [3.8, 4) is 0 Å². The van der Waals surface area contributed by atoms with Gasteiger partial charge in [-0.15, -0.1) is 11.3 Å². The number of benzene rings is 1. The molecule has 3 aromatic rings. The van der Waals surface area contributed by atoms with Crippen LogP contribution in [0.1, 0.15) is 16.2 Å². The van der Waals surface area contributed by atoms with E-state index in [0.717, 1.165) is 10.4 Å². The van der Waals surface area contributed by atoms with Crippen LogP contribution in [0.5, 0.6) is 0 Å². The number of nitrogens with one attached hydrogen (secondary N) is 1. The number of rotatable bonds is 5. The Balaban J connectivity index is 1.60. The van der Waals surface area contributed by atoms with Crippen molar-refractivity contribution in [2.45, 2.75) is 6.42 Å². The predicted molar refractivity (Wildman–Crippen MR) is 97.8 cm³/mol. The minimum atomic E-state index is -0.262. The number of hydrogen-bond acceptors (Lipinski definition) is 4. The Hall–Kier alpha value is -2.08. The van der Waals surface area contributed by atoms with E-state index >= 15 is 0 Å². The number of thiazole rings is 1. The zero-order valence-electron chi connectivity index (χ0n) is 12.3. The molecule has 0 aliphatic carbocycles. The fraction of sp³-hybridized carbons (Fsp3) is 0.0588. The van der Waals surface area contributed by atoms with E-state index in [1.807, 2.05) is 12.1 Å². The molecule has 0 radical (unpaired) electrons. The second kappa shape index (κ2) is 7.66. The third-order valence-corrected chi connectivity index (χ3v) is 4.74. The van der Waals surface area contributed by atoms with Crippen LogP contribution in [-0.2, 0) is 11.2 Å². The Morgan fingerprint density at radius 1 is 1.29 bits per heavy atom. The van der Waals surface area contributed by atoms with Gasteiger partial charge in [-0.3, -0.25) is 10.1 Å². The van der Waals surface area contributed by atoms with Gasteiger partial charge in [0, 0.05) is 23.6 Å². The largest absolute Gasteiger partial charge is 0.465 e. The molecule has 0 bridgehead atoms. The molecule has 24 heavy (non-hydrogen) atoms. The first-order valence-electron chi connectivity index (χ1n) is 7.01. The lowest BCUT2D eigenvalue weighted by Crippen LogP contribution is -2.06. The predicted octanol–water partition coefficient (Wildman–Crippen LogP) is 5.29. The maximum atomic E-state index is 11.9. The van der Waals surface area contributed by atoms with E-state index in [9.17, 15) is 4.79 Å². The van der Waals surface area contributed by atoms with E-state index in [-0.39, 0.29) is 5.91 Å². The number of hydrogen-bond donors (Lipinski definition) is 1. The van der Waals surface area contributed by atoms with E-state index in [1.54, 1.807) is 36.7 Å². The standard InChI is InChI=1S/C17H12Cl2N2O2S/c18-14-5-3-11(9-15(14)19)8-13-10-20-17(24-13)21-16(22)6-4-12-2-1-7-23-12/h1-7,9-10H,8H2,(H,20,21,22)/b6-4+. The van der Waals surface area contributed by atoms with Crippen LogP contribution in [0.2, 0.25) is 10.0 Å². The third-order valence-electron chi connectivity index (χ3n) is 3.09. The molecule has 3 rings (SSSR count). The summed E-state index contributed by atoms with van der Waals surface area (Å²) in [7, 11) is 0. The number of anilines is 1. The highest BCUT2D eigenvalue weighted by atomic mass is 35.5. The van der Waals surface area contributed by atoms with Crippen molar-refractivity contribution in [2.24, 2.45) is 0 Å². The van der Waals surface area contributed by atoms with Gasteiger partial charge in [-0.1, -0.05) is 29.3 Å². The van der Waals surface area contributed by atoms with Gasteiger partial charge in [-0.2, -0.15) is 0 Å². The summed E-state index contributed by atoms with van der Waals surface area (Å²) >= 11 is 13.3. The van der Waals surface area contributed by atoms with Gasteiger partial charge >= 0.3 is 0 Å². The normalized spacial score (nSPS) is 11.1. The van der Waals surface area contributed by atoms with Crippen LogP contribution < -0.4 is 5.32 Å². The number of furan rings is 1. The van der Waals surface area contributed by atoms with Gasteiger partial charge in [0.1, 0.15) is 5.76 Å². The van der Waals surface area contributed by atoms with E-state index < -0.39 is 0 Å². The molecule has 0 aliphatic rings. The summed E-state index contributed by atoms with van der Waals surface area (Å²) in [4.78, 5) is 17.1. The average Bonchev–Trinajstić information content (AvgIpc) is 3.21. The number of halogens is 2. The van der Waals surface area contributed by atoms with Crippen LogP contribution in [0.15, 0.2) is 53.3 Å². The number of carbonyl (C=O) groups excluding carboxylic acids is 1. The monoisotopic (exact) mass is 378 g/mol. The molecule has 0 aliphatic heterocycles. The molecule has 7 heteroatoms. The molecule has 0 fully saturated rings. The highest BCUT2D eigenvalue weighted by Gasteiger charge is 2.07. The maximum Gasteiger partial charge on any atom is 0.250 e. The maximum absolute atomic E-state index is 11.9. The average molecular weight is 379 g/mol. The van der Waals surface area contributed by atoms with E-state index in [0.29, 0.717) is 27.4 Å². The fourth-order valence-corrected chi connectivity index (χ4v) is 3.16. The van der Waals surface area contributed by atoms with Crippen molar-refractivity contribution in [1.82, 2.24) is 4.98 Å². The lowest BCUT2D eigenvalue weighted by molar-refractivity contribution is -0.111. The summed E-state index contributed by atoms with van der Waals surface area (Å²) in [6.07, 6.45) is 6.96. The minimum Gasteiger partial charge on any atom is -0.465 e. The zero-order valence-corrected chi connectivity index (χ0v) is 14.7. The van der Waals surface area contributed by atoms with Crippen molar-refractivity contribution in [1.29, 1.82) is 0 Å². The minimum absolute atomic E-state index is 0.262. The molecule has 2 heterocycles. The Labute approximate surface area is 152 Å². The van der Waals surface area contributed by atoms with Gasteiger partial charge in [-0.25, -0.2) is 4.98 Å². The van der Waals surface area contributed by atoms with Crippen molar-refractivity contribution < 1.29 is 9.21 Å². The first-order valence-corrected chi connectivity index (χ1v) is 8.58. The van der Waals surface area contributed by atoms with Crippen molar-refractivity contribution >= 4 is 51.7 Å². The highest BCUT2D eigenvalue weighted by Crippen LogP contribution is 2.26. The number of nitrogens with zero attached hydrogens (tertiary/aromatic N) is 1. The van der Waals surface area contributed by atoms with Gasteiger partial charge in [0.05, 0.1) is 16.3 Å². The van der Waals surface area contributed by atoms with Gasteiger partial charge in [0.2, 0.25) is 5.91 Å². The summed E-state index contributed by atoms with van der Waals surface area (Å²) < 4.78 is 5.12. The first kappa shape index (κ1) is 16.8. The van der Waals surface area contributed by atoms with Crippen LogP contribution in [0.4, 0.5) is 5.13 Å². The Kier molecular flexibility index (Phi) is 5.35. The SMILES string of the molecule is O=C(/C=C/c1ccco1)Nc1ncc(Cc2ccc(Cl)c(Cl)c2)s1. The van der Waals surface area contributed by atoms with Gasteiger partial charge < -0.3 is 4.42 Å². The van der Waals surface area contributed by atoms with Crippen LogP contribution >= 0.6 is 34.5 Å². The van der Waals surface area contributed by atoms with Crippen LogP contribution in [0, 0.1) is 0 Å². The molecule has 0 atom stereocenters. The summed E-state index contributed by atoms with van der Waals surface area (Å²) in [5.41, 5.74) is 1.03. The summed E-state index contributed by atoms with van der Waals surface area (Å²) in [6.45, 7) is 0. The number of amides is 1. The summed E-state index contributed by atoms with van der Waals surface area (Å²) in [6, 6.07) is 9.03. The molecule has 1 amide bonds. The molecule has 122 valence electrons. The van der Waals surface area contributed by atoms with Crippen molar-refractivity contribution in [3.05, 3.63) is 75.1 Å². The van der Waals surface area contributed by atoms with E-state index in [2.05, 4.69) is 10.3 Å². The molecule has 2 aromatic heterocycles. The van der Waals surface area contributed by atoms with E-state index in [4.69, 9.17) is 27.6 Å². The number of aromatic nitrogens is 1. The molecular formula is C17H12Cl2N2O2S. The Morgan fingerprint density at radius 3 is 2.92 bits per heavy atom. The number of carbonyl (C=O) groups is 1. The lowest BCUT2D eigenvalue weighted by atomic mass is 10.1. The topological polar surface area (TPSA) is 55.1 Å². The molecule has 0 spiro atoms. The van der Waals surface area contributed by atoms with Crippen LogP contribution in [0.3, 0.4) is 0 Å². The molecule has 1 aromatic carbocycles. The second-order valence-electron chi connectivity index (χ2n) is 4.89. The fourth-order valence-electron chi connectivity index (χ4n) is 1.99. The van der Waals surface area contributed by atoms with Crippen molar-refractivity contribution in [3.63, 3.8) is 0 Å². The summed E-state index contributed by atoms with van der Waals surface area (Å²) in [5.74, 6) is 0.353. The second-order valence-corrected chi connectivity index (χ2v) is 6.82. The van der Waals surface area contributed by atoms with Crippen LogP contribution in [-0.4, -0.2) is 10.9 Å². The van der Waals surface area contributed by atoms with Gasteiger partial charge in [0.25, 0.3) is 0 Å². The quantitative estimate of drug-likeness (QED) is 0.613. The van der Waals surface area contributed by atoms with Crippen LogP contribution in [0.25, 0.3) is 6.08 Å². The zero-order chi connectivity index (χ0) is 16.9. The van der Waals surface area contributed by atoms with E-state index in [1.165, 1.54) is 17.4 Å². The van der Waals surface area contributed by atoms with Gasteiger partial charge in [-0.05, 0) is 35.9 Å².